The number of pyridine rings is 1. The van der Waals surface area contributed by atoms with Gasteiger partial charge in [-0.1, -0.05) is 66.2 Å². The van der Waals surface area contributed by atoms with Crippen molar-refractivity contribution in [1.82, 2.24) is 4.98 Å². The maximum Gasteiger partial charge on any atom is 0.144 e. The third-order valence-electron chi connectivity index (χ3n) is 5.50. The molecule has 132 valence electrons. The monoisotopic (exact) mass is 359 g/mol. The number of fused-ring (bicyclic) bond motifs is 7. The number of aromatic nitrogens is 1. The highest BCUT2D eigenvalue weighted by atomic mass is 16.3. The molecule has 0 fully saturated rings. The summed E-state index contributed by atoms with van der Waals surface area (Å²) < 4.78 is 6.36. The molecule has 0 spiro atoms. The summed E-state index contributed by atoms with van der Waals surface area (Å²) in [6, 6.07) is 29.4. The zero-order valence-corrected chi connectivity index (χ0v) is 15.4. The Labute approximate surface area is 162 Å². The lowest BCUT2D eigenvalue weighted by atomic mass is 9.97. The van der Waals surface area contributed by atoms with E-state index in [1.165, 1.54) is 5.56 Å². The van der Waals surface area contributed by atoms with Crippen molar-refractivity contribution in [3.63, 3.8) is 0 Å². The number of rotatable bonds is 1. The molecule has 0 N–H and O–H groups in total. The molecule has 0 unspecified atom stereocenters. The van der Waals surface area contributed by atoms with Crippen molar-refractivity contribution in [2.24, 2.45) is 0 Å². The first-order valence-electron chi connectivity index (χ1n) is 9.49. The Balaban J connectivity index is 1.87. The fourth-order valence-corrected chi connectivity index (χ4v) is 4.23. The minimum absolute atomic E-state index is 0.919. The van der Waals surface area contributed by atoms with Crippen molar-refractivity contribution in [2.75, 3.05) is 0 Å². The van der Waals surface area contributed by atoms with Crippen molar-refractivity contribution in [1.29, 1.82) is 0 Å². The topological polar surface area (TPSA) is 26.0 Å². The summed E-state index contributed by atoms with van der Waals surface area (Å²) in [5, 5.41) is 5.68. The van der Waals surface area contributed by atoms with Gasteiger partial charge in [-0.15, -0.1) is 0 Å². The molecule has 6 rings (SSSR count). The number of furan rings is 1. The second kappa shape index (κ2) is 5.67. The van der Waals surface area contributed by atoms with Crippen LogP contribution in [0, 0.1) is 6.92 Å². The minimum atomic E-state index is 0.919. The van der Waals surface area contributed by atoms with E-state index in [0.717, 1.165) is 54.9 Å². The van der Waals surface area contributed by atoms with Crippen LogP contribution in [-0.2, 0) is 0 Å². The summed E-state index contributed by atoms with van der Waals surface area (Å²) in [4.78, 5) is 5.03. The molecule has 2 nitrogen and oxygen atoms in total. The minimum Gasteiger partial charge on any atom is -0.455 e. The van der Waals surface area contributed by atoms with Crippen LogP contribution >= 0.6 is 0 Å². The van der Waals surface area contributed by atoms with Gasteiger partial charge in [0.05, 0.1) is 11.2 Å². The van der Waals surface area contributed by atoms with Crippen LogP contribution in [-0.4, -0.2) is 4.98 Å². The average molecular weight is 359 g/mol. The number of para-hydroxylation sites is 2. The summed E-state index contributed by atoms with van der Waals surface area (Å²) in [5.41, 5.74) is 6.20. The molecular formula is C26H17NO. The lowest BCUT2D eigenvalue weighted by Crippen LogP contribution is -1.90. The van der Waals surface area contributed by atoms with Crippen molar-refractivity contribution in [3.05, 3.63) is 90.5 Å². The van der Waals surface area contributed by atoms with Gasteiger partial charge in [-0.25, -0.2) is 4.98 Å². The largest absolute Gasteiger partial charge is 0.455 e. The zero-order valence-electron chi connectivity index (χ0n) is 15.4. The summed E-state index contributed by atoms with van der Waals surface area (Å²) in [5.74, 6) is 0. The molecule has 0 saturated heterocycles. The maximum absolute atomic E-state index is 6.36. The van der Waals surface area contributed by atoms with Gasteiger partial charge in [-0.05, 0) is 31.2 Å². The Bertz CT molecular complexity index is 1520. The van der Waals surface area contributed by atoms with Crippen LogP contribution in [0.1, 0.15) is 5.56 Å². The van der Waals surface area contributed by atoms with E-state index in [1.807, 2.05) is 18.2 Å². The van der Waals surface area contributed by atoms with Gasteiger partial charge in [0.2, 0.25) is 0 Å². The van der Waals surface area contributed by atoms with Crippen LogP contribution in [0.2, 0.25) is 0 Å². The van der Waals surface area contributed by atoms with Gasteiger partial charge in [0.25, 0.3) is 0 Å². The van der Waals surface area contributed by atoms with Gasteiger partial charge in [-0.2, -0.15) is 0 Å². The molecule has 0 bridgehead atoms. The number of aryl methyl sites for hydroxylation is 1. The number of nitrogens with zero attached hydrogens (tertiary/aromatic N) is 1. The van der Waals surface area contributed by atoms with Crippen LogP contribution in [0.15, 0.2) is 89.3 Å². The van der Waals surface area contributed by atoms with E-state index in [2.05, 4.69) is 73.7 Å². The fraction of sp³-hybridized carbons (Fsp3) is 0.0385. The Morgan fingerprint density at radius 2 is 1.46 bits per heavy atom. The van der Waals surface area contributed by atoms with Gasteiger partial charge in [0, 0.05) is 32.5 Å². The Kier molecular flexibility index (Phi) is 3.12. The highest BCUT2D eigenvalue weighted by molar-refractivity contribution is 6.24. The molecule has 0 aliphatic rings. The van der Waals surface area contributed by atoms with Gasteiger partial charge < -0.3 is 4.42 Å². The molecule has 6 aromatic rings. The molecule has 0 radical (unpaired) electrons. The molecule has 0 amide bonds. The van der Waals surface area contributed by atoms with E-state index >= 15 is 0 Å². The lowest BCUT2D eigenvalue weighted by Gasteiger charge is -2.11. The van der Waals surface area contributed by atoms with E-state index in [1.54, 1.807) is 0 Å². The predicted molar refractivity (Wildman–Crippen MR) is 117 cm³/mol. The van der Waals surface area contributed by atoms with Crippen LogP contribution < -0.4 is 0 Å². The summed E-state index contributed by atoms with van der Waals surface area (Å²) in [7, 11) is 0. The Hall–Kier alpha value is -3.65. The van der Waals surface area contributed by atoms with Crippen molar-refractivity contribution in [3.8, 4) is 11.3 Å². The first kappa shape index (κ1) is 15.4. The maximum atomic E-state index is 6.36. The van der Waals surface area contributed by atoms with Crippen molar-refractivity contribution in [2.45, 2.75) is 6.92 Å². The van der Waals surface area contributed by atoms with E-state index in [9.17, 15) is 0 Å². The van der Waals surface area contributed by atoms with E-state index in [0.29, 0.717) is 0 Å². The molecule has 0 atom stereocenters. The fourth-order valence-electron chi connectivity index (χ4n) is 4.23. The highest BCUT2D eigenvalue weighted by Crippen LogP contribution is 2.40. The van der Waals surface area contributed by atoms with Crippen LogP contribution in [0.4, 0.5) is 0 Å². The molecule has 2 aromatic heterocycles. The molecule has 0 aliphatic heterocycles. The molecule has 4 aromatic carbocycles. The molecule has 2 heterocycles. The molecule has 0 aliphatic carbocycles. The van der Waals surface area contributed by atoms with Gasteiger partial charge in [0.1, 0.15) is 11.2 Å². The molecule has 2 heteroatoms. The number of hydrogen-bond donors (Lipinski definition) is 0. The van der Waals surface area contributed by atoms with Crippen LogP contribution in [0.3, 0.4) is 0 Å². The second-order valence-electron chi connectivity index (χ2n) is 7.31. The molecule has 28 heavy (non-hydrogen) atoms. The molecule has 0 saturated carbocycles. The highest BCUT2D eigenvalue weighted by Gasteiger charge is 2.16. The summed E-state index contributed by atoms with van der Waals surface area (Å²) in [6.45, 7) is 2.12. The third kappa shape index (κ3) is 2.12. The molecular weight excluding hydrogens is 342 g/mol. The Morgan fingerprint density at radius 3 is 2.36 bits per heavy atom. The average Bonchev–Trinajstić information content (AvgIpc) is 3.12. The van der Waals surface area contributed by atoms with Gasteiger partial charge in [-0.3, -0.25) is 0 Å². The van der Waals surface area contributed by atoms with Gasteiger partial charge in [0.15, 0.2) is 0 Å². The van der Waals surface area contributed by atoms with Crippen LogP contribution in [0.25, 0.3) is 54.9 Å². The second-order valence-corrected chi connectivity index (χ2v) is 7.31. The zero-order chi connectivity index (χ0) is 18.7. The quantitative estimate of drug-likeness (QED) is 0.289. The van der Waals surface area contributed by atoms with E-state index < -0.39 is 0 Å². The SMILES string of the molecule is Cc1cccc(-c2nc3ccccc3c3c2ccc2c4ccccc4oc23)c1. The summed E-state index contributed by atoms with van der Waals surface area (Å²) in [6.07, 6.45) is 0. The predicted octanol–water partition coefficient (Wildman–Crippen LogP) is 7.26. The third-order valence-corrected chi connectivity index (χ3v) is 5.50. The van der Waals surface area contributed by atoms with Gasteiger partial charge >= 0.3 is 0 Å². The number of benzene rings is 4. The first-order valence-corrected chi connectivity index (χ1v) is 9.49. The first-order chi connectivity index (χ1) is 13.8. The van der Waals surface area contributed by atoms with Crippen molar-refractivity contribution < 1.29 is 4.42 Å². The van der Waals surface area contributed by atoms with Crippen LogP contribution in [0.5, 0.6) is 0 Å². The standard InChI is InChI=1S/C26H17NO/c1-16-7-6-8-17(15-16)25-21-14-13-19-18-9-3-5-12-23(18)28-26(19)24(21)20-10-2-4-11-22(20)27-25/h2-15H,1H3. The smallest absolute Gasteiger partial charge is 0.144 e. The van der Waals surface area contributed by atoms with E-state index in [-0.39, 0.29) is 0 Å². The van der Waals surface area contributed by atoms with Crippen molar-refractivity contribution >= 4 is 43.6 Å². The van der Waals surface area contributed by atoms with E-state index in [4.69, 9.17) is 9.40 Å². The number of hydrogen-bond acceptors (Lipinski definition) is 2. The Morgan fingerprint density at radius 1 is 0.679 bits per heavy atom. The lowest BCUT2D eigenvalue weighted by molar-refractivity contribution is 0.673. The normalized spacial score (nSPS) is 11.8. The summed E-state index contributed by atoms with van der Waals surface area (Å²) >= 11 is 0.